The number of nitrogens with zero attached hydrogens (tertiary/aromatic N) is 1. The Morgan fingerprint density at radius 2 is 1.60 bits per heavy atom. The van der Waals surface area contributed by atoms with Gasteiger partial charge in [0.2, 0.25) is 0 Å². The molecule has 3 rings (SSSR count). The lowest BCUT2D eigenvalue weighted by molar-refractivity contribution is -0.118. The second-order valence-electron chi connectivity index (χ2n) is 10.6. The third kappa shape index (κ3) is 12.5. The van der Waals surface area contributed by atoms with Crippen LogP contribution in [0.5, 0.6) is 11.5 Å². The zero-order chi connectivity index (χ0) is 28.4. The summed E-state index contributed by atoms with van der Waals surface area (Å²) in [6.07, 6.45) is 17.8. The molecule has 1 heterocycles. The molecule has 0 radical (unpaired) electrons. The predicted molar refractivity (Wildman–Crippen MR) is 170 cm³/mol. The summed E-state index contributed by atoms with van der Waals surface area (Å²) < 4.78 is 11.8. The molecular formula is C33H47ClN2O3S. The number of allylic oxidation sites excluding steroid dienone is 1. The first-order valence-corrected chi connectivity index (χ1v) is 16.4. The van der Waals surface area contributed by atoms with Crippen molar-refractivity contribution in [2.75, 3.05) is 24.4 Å². The molecule has 5 nitrogen and oxygen atoms in total. The fourth-order valence-corrected chi connectivity index (χ4v) is 5.77. The van der Waals surface area contributed by atoms with Crippen LogP contribution in [0.3, 0.4) is 0 Å². The number of anilines is 1. The lowest BCUT2D eigenvalue weighted by Gasteiger charge is -2.16. The van der Waals surface area contributed by atoms with Gasteiger partial charge in [-0.15, -0.1) is 11.8 Å². The molecule has 2 aromatic carbocycles. The minimum Gasteiger partial charge on any atom is -0.488 e. The van der Waals surface area contributed by atoms with Crippen molar-refractivity contribution in [3.63, 3.8) is 0 Å². The van der Waals surface area contributed by atoms with Crippen LogP contribution in [0.15, 0.2) is 53.6 Å². The van der Waals surface area contributed by atoms with Crippen molar-refractivity contribution >= 4 is 35.0 Å². The van der Waals surface area contributed by atoms with Crippen LogP contribution in [0.4, 0.5) is 5.69 Å². The van der Waals surface area contributed by atoms with Crippen LogP contribution in [-0.4, -0.2) is 29.9 Å². The second-order valence-corrected chi connectivity index (χ2v) is 12.2. The van der Waals surface area contributed by atoms with E-state index in [1.807, 2.05) is 36.0 Å². The van der Waals surface area contributed by atoms with Crippen LogP contribution < -0.4 is 14.8 Å². The molecule has 0 spiro atoms. The molecule has 1 aliphatic heterocycles. The average Bonchev–Trinajstić information content (AvgIpc) is 3.35. The van der Waals surface area contributed by atoms with E-state index < -0.39 is 0 Å². The maximum atomic E-state index is 12.6. The first-order chi connectivity index (χ1) is 19.5. The normalized spacial score (nSPS) is 12.9. The molecule has 0 saturated carbocycles. The van der Waals surface area contributed by atoms with Crippen LogP contribution >= 0.6 is 23.4 Å². The molecule has 0 aromatic heterocycles. The van der Waals surface area contributed by atoms with Gasteiger partial charge in [0.15, 0.2) is 18.1 Å². The molecule has 0 unspecified atom stereocenters. The molecule has 1 N–H and O–H groups in total. The molecule has 7 heteroatoms. The van der Waals surface area contributed by atoms with Crippen molar-refractivity contribution in [3.05, 3.63) is 64.2 Å². The van der Waals surface area contributed by atoms with Gasteiger partial charge in [-0.1, -0.05) is 107 Å². The summed E-state index contributed by atoms with van der Waals surface area (Å²) in [6.45, 7) is 5.66. The van der Waals surface area contributed by atoms with Crippen LogP contribution in [0.1, 0.15) is 96.5 Å². The maximum Gasteiger partial charge on any atom is 0.262 e. The predicted octanol–water partition coefficient (Wildman–Crippen LogP) is 9.80. The van der Waals surface area contributed by atoms with Crippen molar-refractivity contribution in [1.82, 2.24) is 4.90 Å². The summed E-state index contributed by atoms with van der Waals surface area (Å²) in [4.78, 5) is 16.2. The largest absolute Gasteiger partial charge is 0.488 e. The molecule has 0 aliphatic carbocycles. The lowest BCUT2D eigenvalue weighted by atomic mass is 10.1. The summed E-state index contributed by atoms with van der Waals surface area (Å²) in [5.74, 6) is 1.73. The number of benzene rings is 2. The number of carbonyl (C=O) groups is 1. The Morgan fingerprint density at radius 3 is 2.27 bits per heavy atom. The number of hydrogen-bond acceptors (Lipinski definition) is 5. The smallest absolute Gasteiger partial charge is 0.262 e. The minimum atomic E-state index is -0.225. The van der Waals surface area contributed by atoms with Gasteiger partial charge < -0.3 is 19.7 Å². The van der Waals surface area contributed by atoms with E-state index in [2.05, 4.69) is 36.3 Å². The molecule has 2 aromatic rings. The van der Waals surface area contributed by atoms with Gasteiger partial charge in [0.05, 0.1) is 17.5 Å². The molecule has 40 heavy (non-hydrogen) atoms. The minimum absolute atomic E-state index is 0.121. The molecule has 0 atom stereocenters. The van der Waals surface area contributed by atoms with E-state index >= 15 is 0 Å². The van der Waals surface area contributed by atoms with Crippen LogP contribution in [-0.2, 0) is 11.3 Å². The van der Waals surface area contributed by atoms with E-state index in [0.29, 0.717) is 23.1 Å². The van der Waals surface area contributed by atoms with Gasteiger partial charge >= 0.3 is 0 Å². The van der Waals surface area contributed by atoms with Gasteiger partial charge in [-0.2, -0.15) is 0 Å². The third-order valence-corrected chi connectivity index (χ3v) is 8.27. The van der Waals surface area contributed by atoms with E-state index in [4.69, 9.17) is 21.1 Å². The standard InChI is InChI=1S/C33H47ClN2O3S/c1-3-4-5-6-7-8-9-10-11-12-13-14-21-38-33-30(34)19-16-20-31(33)39-25-32(37)35-29-18-15-17-28(22-29)24-36-23-27(2)40-26-36/h15-20,22-23H,3-14,21,24-26H2,1-2H3,(H,35,37). The van der Waals surface area contributed by atoms with Gasteiger partial charge in [-0.05, 0) is 48.1 Å². The Morgan fingerprint density at radius 1 is 0.925 bits per heavy atom. The number of thioether (sulfide) groups is 1. The van der Waals surface area contributed by atoms with Crippen LogP contribution in [0, 0.1) is 0 Å². The van der Waals surface area contributed by atoms with Gasteiger partial charge in [0, 0.05) is 18.4 Å². The zero-order valence-electron chi connectivity index (χ0n) is 24.4. The van der Waals surface area contributed by atoms with E-state index in [1.54, 1.807) is 12.1 Å². The van der Waals surface area contributed by atoms with E-state index in [1.165, 1.54) is 69.1 Å². The summed E-state index contributed by atoms with van der Waals surface area (Å²) >= 11 is 8.25. The highest BCUT2D eigenvalue weighted by molar-refractivity contribution is 8.03. The number of halogens is 1. The summed E-state index contributed by atoms with van der Waals surface area (Å²) in [7, 11) is 0. The Bertz CT molecular complexity index is 1060. The number of nitrogens with one attached hydrogen (secondary N) is 1. The SMILES string of the molecule is CCCCCCCCCCCCCCOc1c(Cl)cccc1OCC(=O)Nc1cccc(CN2C=C(C)SC2)c1. The molecule has 0 fully saturated rings. The van der Waals surface area contributed by atoms with E-state index in [0.717, 1.165) is 36.5 Å². The van der Waals surface area contributed by atoms with E-state index in [9.17, 15) is 4.79 Å². The molecule has 0 bridgehead atoms. The van der Waals surface area contributed by atoms with Crippen molar-refractivity contribution in [2.45, 2.75) is 97.4 Å². The highest BCUT2D eigenvalue weighted by Crippen LogP contribution is 2.35. The number of amides is 1. The van der Waals surface area contributed by atoms with Gasteiger partial charge in [-0.3, -0.25) is 4.79 Å². The van der Waals surface area contributed by atoms with Crippen molar-refractivity contribution in [3.8, 4) is 11.5 Å². The Kier molecular flexibility index (Phi) is 15.2. The number of para-hydroxylation sites is 1. The van der Waals surface area contributed by atoms with Crippen LogP contribution in [0.2, 0.25) is 5.02 Å². The Balaban J connectivity index is 1.33. The first-order valence-electron chi connectivity index (χ1n) is 15.0. The lowest BCUT2D eigenvalue weighted by Crippen LogP contribution is -2.20. The molecule has 220 valence electrons. The molecule has 1 amide bonds. The van der Waals surface area contributed by atoms with Crippen LogP contribution in [0.25, 0.3) is 0 Å². The number of unbranched alkanes of at least 4 members (excludes halogenated alkanes) is 11. The van der Waals surface area contributed by atoms with Gasteiger partial charge in [0.1, 0.15) is 0 Å². The quantitative estimate of drug-likeness (QED) is 0.156. The maximum absolute atomic E-state index is 12.6. The van der Waals surface area contributed by atoms with Gasteiger partial charge in [0.25, 0.3) is 5.91 Å². The average molecular weight is 587 g/mol. The van der Waals surface area contributed by atoms with Crippen molar-refractivity contribution in [2.24, 2.45) is 0 Å². The zero-order valence-corrected chi connectivity index (χ0v) is 26.0. The number of rotatable bonds is 20. The molecular weight excluding hydrogens is 540 g/mol. The monoisotopic (exact) mass is 586 g/mol. The summed E-state index contributed by atoms with van der Waals surface area (Å²) in [5.41, 5.74) is 1.90. The topological polar surface area (TPSA) is 50.8 Å². The molecule has 1 aliphatic rings. The fourth-order valence-electron chi connectivity index (χ4n) is 4.79. The van der Waals surface area contributed by atoms with E-state index in [-0.39, 0.29) is 12.5 Å². The highest BCUT2D eigenvalue weighted by atomic mass is 35.5. The number of ether oxygens (including phenoxy) is 2. The first kappa shape index (κ1) is 32.2. The fraction of sp³-hybridized carbons (Fsp3) is 0.545. The Labute approximate surface area is 251 Å². The second kappa shape index (κ2) is 18.9. The van der Waals surface area contributed by atoms with Crippen molar-refractivity contribution < 1.29 is 14.3 Å². The van der Waals surface area contributed by atoms with Gasteiger partial charge in [-0.25, -0.2) is 0 Å². The number of carbonyl (C=O) groups excluding carboxylic acids is 1. The number of hydrogen-bond donors (Lipinski definition) is 1. The summed E-state index contributed by atoms with van der Waals surface area (Å²) in [5, 5.41) is 3.43. The Hall–Kier alpha value is -2.31. The highest BCUT2D eigenvalue weighted by Gasteiger charge is 2.13. The third-order valence-electron chi connectivity index (χ3n) is 6.95. The molecule has 0 saturated heterocycles. The van der Waals surface area contributed by atoms with Crippen molar-refractivity contribution in [1.29, 1.82) is 0 Å². The summed E-state index contributed by atoms with van der Waals surface area (Å²) in [6, 6.07) is 13.3.